The molecular weight excluding hydrogens is 284 g/mol. The first-order valence-corrected chi connectivity index (χ1v) is 7.56. The Hall–Kier alpha value is -1.03. The number of halogens is 1. The molecule has 102 valence electrons. The van der Waals surface area contributed by atoms with Gasteiger partial charge in [-0.1, -0.05) is 23.4 Å². The monoisotopic (exact) mass is 298 g/mol. The van der Waals surface area contributed by atoms with E-state index < -0.39 is 5.60 Å². The van der Waals surface area contributed by atoms with Gasteiger partial charge in [0.05, 0.1) is 5.60 Å². The maximum absolute atomic E-state index is 10.2. The first kappa shape index (κ1) is 14.4. The third kappa shape index (κ3) is 3.11. The molecule has 2 heterocycles. The van der Waals surface area contributed by atoms with Crippen LogP contribution in [0.25, 0.3) is 0 Å². The summed E-state index contributed by atoms with van der Waals surface area (Å²) in [7, 11) is 0. The Labute approximate surface area is 121 Å². The molecule has 0 aliphatic carbocycles. The predicted molar refractivity (Wildman–Crippen MR) is 75.6 cm³/mol. The number of hydrogen-bond acceptors (Lipinski definition) is 6. The SMILES string of the molecule is CSc1nc(Cl)c(C#N)c(N2CCC[C@@](C)(O)C2)n1. The molecule has 0 spiro atoms. The molecule has 1 fully saturated rings. The van der Waals surface area contributed by atoms with Crippen molar-refractivity contribution in [1.29, 1.82) is 5.26 Å². The number of β-amino-alcohol motifs (C(OH)–C–C–N with tert-alkyl or cyclic N) is 1. The van der Waals surface area contributed by atoms with Gasteiger partial charge >= 0.3 is 0 Å². The number of aromatic nitrogens is 2. The number of nitriles is 1. The molecule has 1 aromatic rings. The zero-order valence-electron chi connectivity index (χ0n) is 10.9. The Morgan fingerprint density at radius 2 is 2.26 bits per heavy atom. The summed E-state index contributed by atoms with van der Waals surface area (Å²) in [6.45, 7) is 3.00. The highest BCUT2D eigenvalue weighted by Gasteiger charge is 2.31. The molecule has 0 saturated carbocycles. The van der Waals surface area contributed by atoms with Gasteiger partial charge in [-0.15, -0.1) is 0 Å². The largest absolute Gasteiger partial charge is 0.388 e. The van der Waals surface area contributed by atoms with Gasteiger partial charge in [0.2, 0.25) is 0 Å². The molecule has 0 aromatic carbocycles. The van der Waals surface area contributed by atoms with Crippen molar-refractivity contribution in [2.45, 2.75) is 30.5 Å². The molecule has 1 aliphatic heterocycles. The quantitative estimate of drug-likeness (QED) is 0.512. The van der Waals surface area contributed by atoms with Crippen molar-refractivity contribution >= 4 is 29.2 Å². The number of hydrogen-bond donors (Lipinski definition) is 1. The van der Waals surface area contributed by atoms with Gasteiger partial charge < -0.3 is 10.0 Å². The minimum Gasteiger partial charge on any atom is -0.388 e. The summed E-state index contributed by atoms with van der Waals surface area (Å²) in [5.74, 6) is 0.520. The molecule has 1 aromatic heterocycles. The van der Waals surface area contributed by atoms with E-state index in [1.165, 1.54) is 11.8 Å². The fraction of sp³-hybridized carbons (Fsp3) is 0.583. The first-order valence-electron chi connectivity index (χ1n) is 5.96. The van der Waals surface area contributed by atoms with Gasteiger partial charge in [0.1, 0.15) is 11.6 Å². The number of aliphatic hydroxyl groups is 1. The van der Waals surface area contributed by atoms with Crippen LogP contribution in [0.4, 0.5) is 5.82 Å². The average molecular weight is 299 g/mol. The van der Waals surface area contributed by atoms with Crippen LogP contribution >= 0.6 is 23.4 Å². The third-order valence-electron chi connectivity index (χ3n) is 3.09. The molecule has 1 atom stereocenters. The summed E-state index contributed by atoms with van der Waals surface area (Å²) in [6, 6.07) is 2.05. The summed E-state index contributed by atoms with van der Waals surface area (Å²) in [4.78, 5) is 10.3. The molecule has 0 unspecified atom stereocenters. The van der Waals surface area contributed by atoms with Gasteiger partial charge in [-0.05, 0) is 26.0 Å². The smallest absolute Gasteiger partial charge is 0.190 e. The fourth-order valence-electron chi connectivity index (χ4n) is 2.22. The summed E-state index contributed by atoms with van der Waals surface area (Å²) >= 11 is 7.40. The van der Waals surface area contributed by atoms with Crippen LogP contribution in [0.3, 0.4) is 0 Å². The average Bonchev–Trinajstić information content (AvgIpc) is 2.36. The second-order valence-electron chi connectivity index (χ2n) is 4.83. The molecule has 1 saturated heterocycles. The van der Waals surface area contributed by atoms with Crippen molar-refractivity contribution in [3.63, 3.8) is 0 Å². The van der Waals surface area contributed by atoms with Crippen LogP contribution < -0.4 is 4.90 Å². The zero-order valence-corrected chi connectivity index (χ0v) is 12.4. The maximum Gasteiger partial charge on any atom is 0.190 e. The minimum atomic E-state index is -0.762. The summed E-state index contributed by atoms with van der Waals surface area (Å²) < 4.78 is 0. The number of nitrogens with zero attached hydrogens (tertiary/aromatic N) is 4. The van der Waals surface area contributed by atoms with Crippen LogP contribution in [-0.4, -0.2) is 40.0 Å². The Bertz CT molecular complexity index is 529. The molecule has 0 radical (unpaired) electrons. The lowest BCUT2D eigenvalue weighted by Crippen LogP contribution is -2.46. The van der Waals surface area contributed by atoms with Crippen molar-refractivity contribution in [1.82, 2.24) is 9.97 Å². The molecule has 19 heavy (non-hydrogen) atoms. The van der Waals surface area contributed by atoms with E-state index in [0.29, 0.717) is 17.5 Å². The van der Waals surface area contributed by atoms with E-state index in [9.17, 15) is 10.4 Å². The topological polar surface area (TPSA) is 73.0 Å². The lowest BCUT2D eigenvalue weighted by molar-refractivity contribution is 0.0446. The van der Waals surface area contributed by atoms with Gasteiger partial charge in [-0.3, -0.25) is 0 Å². The van der Waals surface area contributed by atoms with Gasteiger partial charge in [0, 0.05) is 13.1 Å². The Kier molecular flexibility index (Phi) is 4.19. The summed E-state index contributed by atoms with van der Waals surface area (Å²) in [5, 5.41) is 20.1. The fourth-order valence-corrected chi connectivity index (χ4v) is 2.84. The second kappa shape index (κ2) is 5.53. The van der Waals surface area contributed by atoms with Crippen molar-refractivity contribution in [2.24, 2.45) is 0 Å². The summed E-state index contributed by atoms with van der Waals surface area (Å²) in [5.41, 5.74) is -0.487. The number of piperidine rings is 1. The highest BCUT2D eigenvalue weighted by Crippen LogP contribution is 2.30. The Morgan fingerprint density at radius 3 is 2.84 bits per heavy atom. The molecule has 5 nitrogen and oxygen atoms in total. The van der Waals surface area contributed by atoms with Crippen LogP contribution in [0.1, 0.15) is 25.3 Å². The van der Waals surface area contributed by atoms with E-state index in [2.05, 4.69) is 16.0 Å². The first-order chi connectivity index (χ1) is 8.96. The van der Waals surface area contributed by atoms with Crippen molar-refractivity contribution in [2.75, 3.05) is 24.2 Å². The molecule has 0 bridgehead atoms. The number of anilines is 1. The van der Waals surface area contributed by atoms with Gasteiger partial charge in [0.15, 0.2) is 16.1 Å². The van der Waals surface area contributed by atoms with E-state index in [1.807, 2.05) is 11.2 Å². The lowest BCUT2D eigenvalue weighted by Gasteiger charge is -2.37. The Balaban J connectivity index is 2.43. The van der Waals surface area contributed by atoms with Crippen LogP contribution in [0.5, 0.6) is 0 Å². The van der Waals surface area contributed by atoms with Crippen LogP contribution in [-0.2, 0) is 0 Å². The standard InChI is InChI=1S/C12H15ClN4OS/c1-12(18)4-3-5-17(7-12)10-8(6-14)9(13)15-11(16-10)19-2/h18H,3-5,7H2,1-2H3/t12-/m1/s1. The number of rotatable bonds is 2. The van der Waals surface area contributed by atoms with Gasteiger partial charge in [-0.2, -0.15) is 5.26 Å². The zero-order chi connectivity index (χ0) is 14.0. The van der Waals surface area contributed by atoms with Crippen LogP contribution in [0.15, 0.2) is 5.16 Å². The van der Waals surface area contributed by atoms with Gasteiger partial charge in [-0.25, -0.2) is 9.97 Å². The summed E-state index contributed by atoms with van der Waals surface area (Å²) in [6.07, 6.45) is 3.46. The highest BCUT2D eigenvalue weighted by molar-refractivity contribution is 7.98. The molecule has 1 N–H and O–H groups in total. The lowest BCUT2D eigenvalue weighted by atomic mass is 9.95. The normalized spacial score (nSPS) is 23.2. The van der Waals surface area contributed by atoms with E-state index in [4.69, 9.17) is 11.6 Å². The molecule has 1 aliphatic rings. The predicted octanol–water partition coefficient (Wildman–Crippen LogP) is 2.07. The maximum atomic E-state index is 10.2. The Morgan fingerprint density at radius 1 is 1.53 bits per heavy atom. The van der Waals surface area contributed by atoms with Crippen molar-refractivity contribution < 1.29 is 5.11 Å². The third-order valence-corrected chi connectivity index (χ3v) is 3.92. The molecule has 7 heteroatoms. The van der Waals surface area contributed by atoms with E-state index in [-0.39, 0.29) is 10.7 Å². The van der Waals surface area contributed by atoms with Crippen molar-refractivity contribution in [3.05, 3.63) is 10.7 Å². The van der Waals surface area contributed by atoms with E-state index >= 15 is 0 Å². The van der Waals surface area contributed by atoms with Crippen LogP contribution in [0.2, 0.25) is 5.15 Å². The molecule has 2 rings (SSSR count). The van der Waals surface area contributed by atoms with E-state index in [1.54, 1.807) is 6.92 Å². The van der Waals surface area contributed by atoms with Gasteiger partial charge in [0.25, 0.3) is 0 Å². The highest BCUT2D eigenvalue weighted by atomic mass is 35.5. The minimum absolute atomic E-state index is 0.169. The van der Waals surface area contributed by atoms with E-state index in [0.717, 1.165) is 19.4 Å². The molecular formula is C12H15ClN4OS. The van der Waals surface area contributed by atoms with Crippen molar-refractivity contribution in [3.8, 4) is 6.07 Å². The molecule has 0 amide bonds. The van der Waals surface area contributed by atoms with Crippen LogP contribution in [0, 0.1) is 11.3 Å². The second-order valence-corrected chi connectivity index (χ2v) is 5.96. The number of thioether (sulfide) groups is 1.